The molecule has 0 radical (unpaired) electrons. The summed E-state index contributed by atoms with van der Waals surface area (Å²) in [5.41, 5.74) is 5.95. The van der Waals surface area contributed by atoms with Gasteiger partial charge >= 0.3 is 0 Å². The number of nitrogens with zero attached hydrogens (tertiary/aromatic N) is 2. The fourth-order valence-corrected chi connectivity index (χ4v) is 4.46. The first-order valence-electron chi connectivity index (χ1n) is 15.3. The molecule has 2 unspecified atom stereocenters. The Kier molecular flexibility index (Phi) is 10.0. The highest BCUT2D eigenvalue weighted by molar-refractivity contribution is 5.83. The van der Waals surface area contributed by atoms with E-state index in [0.717, 1.165) is 76.3 Å². The molecule has 4 aromatic carbocycles. The summed E-state index contributed by atoms with van der Waals surface area (Å²) in [4.78, 5) is 9.28. The van der Waals surface area contributed by atoms with Crippen LogP contribution in [0.3, 0.4) is 0 Å². The van der Waals surface area contributed by atoms with Crippen LogP contribution < -0.4 is 18.9 Å². The first kappa shape index (κ1) is 30.4. The molecule has 2 heterocycles. The first-order valence-corrected chi connectivity index (χ1v) is 15.3. The zero-order valence-electron chi connectivity index (χ0n) is 25.7. The highest BCUT2D eigenvalue weighted by atomic mass is 16.6. The molecule has 2 fully saturated rings. The summed E-state index contributed by atoms with van der Waals surface area (Å²) in [6.45, 7) is 7.97. The van der Waals surface area contributed by atoms with Gasteiger partial charge in [0.1, 0.15) is 48.4 Å². The van der Waals surface area contributed by atoms with Crippen molar-refractivity contribution in [1.82, 2.24) is 0 Å². The predicted molar refractivity (Wildman–Crippen MR) is 176 cm³/mol. The molecule has 0 saturated carbocycles. The summed E-state index contributed by atoms with van der Waals surface area (Å²) < 4.78 is 33.7. The topological polar surface area (TPSA) is 86.7 Å². The maximum absolute atomic E-state index is 5.90. The zero-order valence-corrected chi connectivity index (χ0v) is 25.7. The molecule has 0 amide bonds. The van der Waals surface area contributed by atoms with Crippen LogP contribution in [-0.4, -0.2) is 64.3 Å². The molecule has 6 rings (SSSR count). The minimum atomic E-state index is 0.243. The van der Waals surface area contributed by atoms with Crippen molar-refractivity contribution in [3.05, 3.63) is 107 Å². The van der Waals surface area contributed by atoms with Crippen molar-refractivity contribution in [3.63, 3.8) is 0 Å². The number of aliphatic imine (C=N–C) groups is 2. The van der Waals surface area contributed by atoms with Gasteiger partial charge < -0.3 is 28.4 Å². The smallest absolute Gasteiger partial charge is 0.119 e. The van der Waals surface area contributed by atoms with Gasteiger partial charge in [0.15, 0.2) is 0 Å². The summed E-state index contributed by atoms with van der Waals surface area (Å²) in [6.07, 6.45) is 4.97. The lowest BCUT2D eigenvalue weighted by Crippen LogP contribution is -2.05. The fraction of sp³-hybridized carbons (Fsp3) is 0.297. The SMILES string of the molecule is Cc1cc(OCC2CO2)ccc1N=Cc1ccc(OCCCOc2ccc(C=Nc3ccc(OCC4CO4)cc3C)cc2)cc1. The van der Waals surface area contributed by atoms with Gasteiger partial charge in [0.05, 0.1) is 37.8 Å². The summed E-state index contributed by atoms with van der Waals surface area (Å²) in [5, 5.41) is 0. The quantitative estimate of drug-likeness (QED) is 0.0761. The molecule has 2 saturated heterocycles. The Bertz CT molecular complexity index is 1490. The third kappa shape index (κ3) is 9.66. The maximum Gasteiger partial charge on any atom is 0.119 e. The second kappa shape index (κ2) is 14.9. The van der Waals surface area contributed by atoms with Gasteiger partial charge in [-0.3, -0.25) is 9.98 Å². The Morgan fingerprint density at radius 1 is 0.578 bits per heavy atom. The minimum absolute atomic E-state index is 0.243. The molecule has 0 aromatic heterocycles. The Balaban J connectivity index is 0.885. The summed E-state index contributed by atoms with van der Waals surface area (Å²) in [5.74, 6) is 3.32. The third-order valence-corrected chi connectivity index (χ3v) is 7.30. The number of rotatable bonds is 16. The number of benzene rings is 4. The van der Waals surface area contributed by atoms with Gasteiger partial charge in [-0.25, -0.2) is 0 Å². The molecule has 4 aromatic rings. The first-order chi connectivity index (χ1) is 22.1. The Hall–Kier alpha value is -4.66. The van der Waals surface area contributed by atoms with Crippen LogP contribution in [0.4, 0.5) is 11.4 Å². The van der Waals surface area contributed by atoms with Crippen molar-refractivity contribution in [1.29, 1.82) is 0 Å². The third-order valence-electron chi connectivity index (χ3n) is 7.30. The predicted octanol–water partition coefficient (Wildman–Crippen LogP) is 7.21. The summed E-state index contributed by atoms with van der Waals surface area (Å²) in [6, 6.07) is 27.7. The normalized spacial score (nSPS) is 17.0. The van der Waals surface area contributed by atoms with Crippen molar-refractivity contribution >= 4 is 23.8 Å². The molecule has 2 aliphatic rings. The van der Waals surface area contributed by atoms with E-state index in [1.165, 1.54) is 0 Å². The highest BCUT2D eigenvalue weighted by Gasteiger charge is 2.23. The van der Waals surface area contributed by atoms with E-state index in [2.05, 4.69) is 9.98 Å². The molecular weight excluding hydrogens is 568 g/mol. The van der Waals surface area contributed by atoms with Crippen LogP contribution >= 0.6 is 0 Å². The molecule has 232 valence electrons. The van der Waals surface area contributed by atoms with E-state index in [9.17, 15) is 0 Å². The molecule has 0 N–H and O–H groups in total. The van der Waals surface area contributed by atoms with E-state index in [-0.39, 0.29) is 12.2 Å². The highest BCUT2D eigenvalue weighted by Crippen LogP contribution is 2.26. The number of aryl methyl sites for hydroxylation is 2. The molecule has 45 heavy (non-hydrogen) atoms. The van der Waals surface area contributed by atoms with Crippen LogP contribution in [0.15, 0.2) is 94.9 Å². The van der Waals surface area contributed by atoms with E-state index in [4.69, 9.17) is 28.4 Å². The Morgan fingerprint density at radius 3 is 1.36 bits per heavy atom. The monoisotopic (exact) mass is 606 g/mol. The Labute approximate surface area is 264 Å². The molecular formula is C37H38N2O6. The second-order valence-corrected chi connectivity index (χ2v) is 11.1. The van der Waals surface area contributed by atoms with Gasteiger partial charge in [-0.05, 0) is 121 Å². The van der Waals surface area contributed by atoms with Gasteiger partial charge in [-0.2, -0.15) is 0 Å². The van der Waals surface area contributed by atoms with Crippen molar-refractivity contribution in [2.45, 2.75) is 32.5 Å². The van der Waals surface area contributed by atoms with Crippen LogP contribution in [0.1, 0.15) is 28.7 Å². The number of ether oxygens (including phenoxy) is 6. The minimum Gasteiger partial charge on any atom is -0.493 e. The van der Waals surface area contributed by atoms with Crippen LogP contribution in [0.2, 0.25) is 0 Å². The lowest BCUT2D eigenvalue weighted by molar-refractivity contribution is 0.247. The van der Waals surface area contributed by atoms with E-state index >= 15 is 0 Å². The maximum atomic E-state index is 5.90. The molecule has 0 aliphatic carbocycles. The van der Waals surface area contributed by atoms with Crippen LogP contribution in [0.5, 0.6) is 23.0 Å². The lowest BCUT2D eigenvalue weighted by Gasteiger charge is -2.09. The van der Waals surface area contributed by atoms with Crippen LogP contribution in [0, 0.1) is 13.8 Å². The average molecular weight is 607 g/mol. The van der Waals surface area contributed by atoms with E-state index < -0.39 is 0 Å². The standard InChI is InChI=1S/C37H38N2O6/c1-26-18-32(42-22-34-24-44-34)12-14-36(26)38-20-28-4-8-30(9-5-28)40-16-3-17-41-31-10-6-29(7-11-31)21-39-37-15-13-33(19-27(37)2)43-23-35-25-45-35/h4-15,18-21,34-35H,3,16-17,22-25H2,1-2H3. The molecule has 2 atom stereocenters. The van der Waals surface area contributed by atoms with Crippen molar-refractivity contribution in [3.8, 4) is 23.0 Å². The molecule has 8 nitrogen and oxygen atoms in total. The summed E-state index contributed by atoms with van der Waals surface area (Å²) in [7, 11) is 0. The number of hydrogen-bond donors (Lipinski definition) is 0. The van der Waals surface area contributed by atoms with Gasteiger partial charge in [0, 0.05) is 18.9 Å². The Morgan fingerprint density at radius 2 is 0.978 bits per heavy atom. The largest absolute Gasteiger partial charge is 0.493 e. The van der Waals surface area contributed by atoms with Gasteiger partial charge in [0.2, 0.25) is 0 Å². The van der Waals surface area contributed by atoms with Crippen LogP contribution in [-0.2, 0) is 9.47 Å². The van der Waals surface area contributed by atoms with Crippen molar-refractivity contribution in [2.24, 2.45) is 9.98 Å². The lowest BCUT2D eigenvalue weighted by atomic mass is 10.2. The van der Waals surface area contributed by atoms with Gasteiger partial charge in [0.25, 0.3) is 0 Å². The van der Waals surface area contributed by atoms with Gasteiger partial charge in [-0.15, -0.1) is 0 Å². The van der Waals surface area contributed by atoms with Crippen LogP contribution in [0.25, 0.3) is 0 Å². The second-order valence-electron chi connectivity index (χ2n) is 11.1. The number of hydrogen-bond acceptors (Lipinski definition) is 8. The number of epoxide rings is 2. The van der Waals surface area contributed by atoms with Crippen molar-refractivity contribution < 1.29 is 28.4 Å². The molecule has 8 heteroatoms. The van der Waals surface area contributed by atoms with Crippen molar-refractivity contribution in [2.75, 3.05) is 39.6 Å². The molecule has 0 spiro atoms. The molecule has 0 bridgehead atoms. The fourth-order valence-electron chi connectivity index (χ4n) is 4.46. The van der Waals surface area contributed by atoms with E-state index in [1.54, 1.807) is 0 Å². The average Bonchev–Trinajstić information content (AvgIpc) is 3.99. The summed E-state index contributed by atoms with van der Waals surface area (Å²) >= 11 is 0. The van der Waals surface area contributed by atoms with E-state index in [1.807, 2.05) is 111 Å². The van der Waals surface area contributed by atoms with Gasteiger partial charge in [-0.1, -0.05) is 0 Å². The van der Waals surface area contributed by atoms with E-state index in [0.29, 0.717) is 26.4 Å². The molecule has 2 aliphatic heterocycles. The zero-order chi connectivity index (χ0) is 30.8.